The molecule has 2 N–H and O–H groups in total. The monoisotopic (exact) mass is 293 g/mol. The molecule has 17 heavy (non-hydrogen) atoms. The van der Waals surface area contributed by atoms with Gasteiger partial charge in [-0.05, 0) is 40.9 Å². The van der Waals surface area contributed by atoms with E-state index in [2.05, 4.69) is 31.4 Å². The van der Waals surface area contributed by atoms with Crippen molar-refractivity contribution in [1.29, 1.82) is 0 Å². The Kier molecular flexibility index (Phi) is 2.71. The number of hydrogen-bond acceptors (Lipinski definition) is 2. The molecule has 4 heteroatoms. The van der Waals surface area contributed by atoms with Crippen molar-refractivity contribution < 1.29 is 0 Å². The van der Waals surface area contributed by atoms with Crippen LogP contribution in [0.1, 0.15) is 37.9 Å². The van der Waals surface area contributed by atoms with E-state index in [0.717, 1.165) is 28.8 Å². The van der Waals surface area contributed by atoms with Crippen LogP contribution in [0.15, 0.2) is 29.0 Å². The zero-order valence-corrected chi connectivity index (χ0v) is 11.3. The summed E-state index contributed by atoms with van der Waals surface area (Å²) in [7, 11) is 0. The molecule has 2 aromatic rings. The van der Waals surface area contributed by atoms with Crippen molar-refractivity contribution in [1.82, 2.24) is 9.38 Å². The Morgan fingerprint density at radius 2 is 2.00 bits per heavy atom. The zero-order chi connectivity index (χ0) is 11.9. The Morgan fingerprint density at radius 3 is 2.76 bits per heavy atom. The van der Waals surface area contributed by atoms with Crippen LogP contribution in [0.3, 0.4) is 0 Å². The van der Waals surface area contributed by atoms with Gasteiger partial charge in [0.2, 0.25) is 0 Å². The van der Waals surface area contributed by atoms with Crippen LogP contribution in [-0.2, 0) is 5.54 Å². The molecule has 0 atom stereocenters. The molecule has 0 radical (unpaired) electrons. The first-order valence-corrected chi connectivity index (χ1v) is 6.91. The molecule has 1 fully saturated rings. The minimum atomic E-state index is -0.255. The molecular weight excluding hydrogens is 278 g/mol. The third kappa shape index (κ3) is 1.79. The minimum absolute atomic E-state index is 0.255. The molecule has 90 valence electrons. The lowest BCUT2D eigenvalue weighted by atomic mass is 9.82. The molecule has 0 saturated heterocycles. The van der Waals surface area contributed by atoms with Gasteiger partial charge in [0.1, 0.15) is 5.82 Å². The smallest absolute Gasteiger partial charge is 0.134 e. The van der Waals surface area contributed by atoms with Crippen LogP contribution in [0.2, 0.25) is 0 Å². The predicted octanol–water partition coefficient (Wildman–Crippen LogP) is 3.21. The van der Waals surface area contributed by atoms with Crippen molar-refractivity contribution in [2.75, 3.05) is 0 Å². The highest BCUT2D eigenvalue weighted by molar-refractivity contribution is 9.10. The van der Waals surface area contributed by atoms with Crippen molar-refractivity contribution in [3.05, 3.63) is 34.8 Å². The highest BCUT2D eigenvalue weighted by Crippen LogP contribution is 2.35. The lowest BCUT2D eigenvalue weighted by Gasteiger charge is -2.32. The van der Waals surface area contributed by atoms with Gasteiger partial charge < -0.3 is 5.73 Å². The Bertz CT molecular complexity index is 541. The highest BCUT2D eigenvalue weighted by Gasteiger charge is 2.33. The molecule has 3 rings (SSSR count). The van der Waals surface area contributed by atoms with E-state index in [1.54, 1.807) is 0 Å². The summed E-state index contributed by atoms with van der Waals surface area (Å²) in [5, 5.41) is 0. The molecule has 2 aromatic heterocycles. The lowest BCUT2D eigenvalue weighted by molar-refractivity contribution is 0.285. The van der Waals surface area contributed by atoms with Gasteiger partial charge in [-0.15, -0.1) is 0 Å². The fraction of sp³-hybridized carbons (Fsp3) is 0.462. The normalized spacial score (nSPS) is 19.6. The van der Waals surface area contributed by atoms with Crippen LogP contribution in [0, 0.1) is 0 Å². The van der Waals surface area contributed by atoms with Crippen molar-refractivity contribution in [2.45, 2.75) is 37.6 Å². The van der Waals surface area contributed by atoms with E-state index < -0.39 is 0 Å². The molecule has 0 amide bonds. The number of pyridine rings is 1. The largest absolute Gasteiger partial charge is 0.319 e. The quantitative estimate of drug-likeness (QED) is 0.821. The maximum Gasteiger partial charge on any atom is 0.134 e. The van der Waals surface area contributed by atoms with Crippen molar-refractivity contribution in [2.24, 2.45) is 5.73 Å². The zero-order valence-electron chi connectivity index (χ0n) is 9.69. The van der Waals surface area contributed by atoms with E-state index in [1.807, 2.05) is 18.3 Å². The topological polar surface area (TPSA) is 43.3 Å². The average molecular weight is 294 g/mol. The molecule has 1 aliphatic rings. The molecule has 2 heterocycles. The number of imidazole rings is 1. The van der Waals surface area contributed by atoms with Crippen LogP contribution < -0.4 is 5.73 Å². The molecule has 0 aliphatic heterocycles. The molecular formula is C13H16BrN3. The molecule has 1 saturated carbocycles. The number of fused-ring (bicyclic) bond motifs is 1. The number of hydrogen-bond donors (Lipinski definition) is 1. The maximum absolute atomic E-state index is 6.56. The summed E-state index contributed by atoms with van der Waals surface area (Å²) >= 11 is 3.59. The van der Waals surface area contributed by atoms with Crippen LogP contribution in [0.4, 0.5) is 0 Å². The van der Waals surface area contributed by atoms with Gasteiger partial charge in [-0.1, -0.05) is 25.3 Å². The van der Waals surface area contributed by atoms with Gasteiger partial charge in [-0.2, -0.15) is 0 Å². The third-order valence-electron chi connectivity index (χ3n) is 3.69. The first-order chi connectivity index (χ1) is 8.21. The van der Waals surface area contributed by atoms with E-state index in [0.29, 0.717) is 0 Å². The summed E-state index contributed by atoms with van der Waals surface area (Å²) in [6.45, 7) is 0. The molecule has 3 nitrogen and oxygen atoms in total. The van der Waals surface area contributed by atoms with Crippen molar-refractivity contribution in [3.8, 4) is 0 Å². The maximum atomic E-state index is 6.56. The fourth-order valence-corrected chi connectivity index (χ4v) is 3.29. The van der Waals surface area contributed by atoms with E-state index in [1.165, 1.54) is 19.3 Å². The van der Waals surface area contributed by atoms with E-state index in [-0.39, 0.29) is 5.54 Å². The summed E-state index contributed by atoms with van der Waals surface area (Å²) in [5.74, 6) is 1.000. The molecule has 0 bridgehead atoms. The van der Waals surface area contributed by atoms with Crippen molar-refractivity contribution >= 4 is 21.4 Å². The Morgan fingerprint density at radius 1 is 1.24 bits per heavy atom. The molecule has 0 aromatic carbocycles. The highest BCUT2D eigenvalue weighted by atomic mass is 79.9. The molecule has 1 aliphatic carbocycles. The summed E-state index contributed by atoms with van der Waals surface area (Å²) in [6.07, 6.45) is 7.68. The van der Waals surface area contributed by atoms with Gasteiger partial charge in [0, 0.05) is 0 Å². The third-order valence-corrected chi connectivity index (χ3v) is 4.31. The van der Waals surface area contributed by atoms with Crippen LogP contribution in [0.25, 0.3) is 5.52 Å². The Labute approximate surface area is 109 Å². The second-order valence-corrected chi connectivity index (χ2v) is 5.72. The number of halogens is 1. The summed E-state index contributed by atoms with van der Waals surface area (Å²) in [4.78, 5) is 4.56. The van der Waals surface area contributed by atoms with Crippen LogP contribution in [-0.4, -0.2) is 9.38 Å². The minimum Gasteiger partial charge on any atom is -0.319 e. The lowest BCUT2D eigenvalue weighted by Crippen LogP contribution is -2.40. The fourth-order valence-electron chi connectivity index (χ4n) is 2.77. The van der Waals surface area contributed by atoms with Crippen LogP contribution in [0.5, 0.6) is 0 Å². The molecule has 0 spiro atoms. The number of aromatic nitrogens is 2. The Balaban J connectivity index is 2.17. The van der Waals surface area contributed by atoms with E-state index in [9.17, 15) is 0 Å². The molecule has 0 unspecified atom stereocenters. The first-order valence-electron chi connectivity index (χ1n) is 6.12. The van der Waals surface area contributed by atoms with Gasteiger partial charge in [0.25, 0.3) is 0 Å². The van der Waals surface area contributed by atoms with Gasteiger partial charge in [-0.3, -0.25) is 4.40 Å². The SMILES string of the molecule is NC1(c2ncc3cccc(Br)n23)CCCCC1. The first kappa shape index (κ1) is 11.2. The summed E-state index contributed by atoms with van der Waals surface area (Å²) in [6, 6.07) is 6.12. The standard InChI is InChI=1S/C13H16BrN3/c14-11-6-4-5-10-9-16-12(17(10)11)13(15)7-2-1-3-8-13/h4-6,9H,1-3,7-8,15H2. The number of rotatable bonds is 1. The van der Waals surface area contributed by atoms with Crippen molar-refractivity contribution in [3.63, 3.8) is 0 Å². The van der Waals surface area contributed by atoms with Gasteiger partial charge in [0.15, 0.2) is 0 Å². The Hall–Kier alpha value is -0.870. The van der Waals surface area contributed by atoms with Gasteiger partial charge >= 0.3 is 0 Å². The second-order valence-electron chi connectivity index (χ2n) is 4.91. The van der Waals surface area contributed by atoms with Crippen LogP contribution >= 0.6 is 15.9 Å². The van der Waals surface area contributed by atoms with Gasteiger partial charge in [-0.25, -0.2) is 4.98 Å². The average Bonchev–Trinajstić information content (AvgIpc) is 2.76. The number of nitrogens with two attached hydrogens (primary N) is 1. The predicted molar refractivity (Wildman–Crippen MR) is 71.8 cm³/mol. The number of nitrogens with zero attached hydrogens (tertiary/aromatic N) is 2. The van der Waals surface area contributed by atoms with E-state index >= 15 is 0 Å². The summed E-state index contributed by atoms with van der Waals surface area (Å²) < 4.78 is 3.16. The van der Waals surface area contributed by atoms with E-state index in [4.69, 9.17) is 5.73 Å². The summed E-state index contributed by atoms with van der Waals surface area (Å²) in [5.41, 5.74) is 7.40. The second kappa shape index (κ2) is 4.10. The van der Waals surface area contributed by atoms with Gasteiger partial charge in [0.05, 0.1) is 21.9 Å².